The molecule has 5 rings (SSSR count). The topological polar surface area (TPSA) is 116 Å². The van der Waals surface area contributed by atoms with Crippen molar-refractivity contribution in [3.8, 4) is 34.3 Å². The lowest BCUT2D eigenvalue weighted by Gasteiger charge is -2.25. The molecule has 1 saturated heterocycles. The quantitative estimate of drug-likeness (QED) is 0.407. The summed E-state index contributed by atoms with van der Waals surface area (Å²) >= 11 is 0. The summed E-state index contributed by atoms with van der Waals surface area (Å²) in [6, 6.07) is 13.1. The van der Waals surface area contributed by atoms with Crippen LogP contribution in [0.2, 0.25) is 0 Å². The minimum absolute atomic E-state index is 0.225. The van der Waals surface area contributed by atoms with Crippen molar-refractivity contribution in [1.29, 1.82) is 0 Å². The Labute approximate surface area is 201 Å². The second kappa shape index (κ2) is 10.2. The van der Waals surface area contributed by atoms with E-state index in [4.69, 9.17) is 23.6 Å². The Hall–Kier alpha value is -3.89. The lowest BCUT2D eigenvalue weighted by Crippen LogP contribution is -2.36. The van der Waals surface area contributed by atoms with E-state index >= 15 is 0 Å². The van der Waals surface area contributed by atoms with Crippen molar-refractivity contribution in [1.82, 2.24) is 20.0 Å². The molecule has 1 fully saturated rings. The molecule has 10 heteroatoms. The molecule has 10 nitrogen and oxygen atoms in total. The molecule has 1 aliphatic heterocycles. The molecule has 0 aliphatic carbocycles. The molecule has 0 atom stereocenters. The van der Waals surface area contributed by atoms with Gasteiger partial charge in [-0.05, 0) is 55.0 Å². The van der Waals surface area contributed by atoms with E-state index in [1.165, 1.54) is 0 Å². The first-order valence-corrected chi connectivity index (χ1v) is 11.3. The molecule has 182 valence electrons. The van der Waals surface area contributed by atoms with E-state index in [0.29, 0.717) is 43.0 Å². The number of rotatable bonds is 8. The van der Waals surface area contributed by atoms with E-state index in [0.717, 1.165) is 41.2 Å². The van der Waals surface area contributed by atoms with Gasteiger partial charge in [-0.25, -0.2) is 9.78 Å². The molecule has 2 aromatic heterocycles. The predicted molar refractivity (Wildman–Crippen MR) is 126 cm³/mol. The first-order valence-electron chi connectivity index (χ1n) is 11.3. The van der Waals surface area contributed by atoms with Crippen LogP contribution in [0.4, 0.5) is 0 Å². The normalized spacial score (nSPS) is 14.2. The molecule has 35 heavy (non-hydrogen) atoms. The van der Waals surface area contributed by atoms with Crippen molar-refractivity contribution in [2.45, 2.75) is 20.1 Å². The van der Waals surface area contributed by atoms with Crippen molar-refractivity contribution < 1.29 is 23.2 Å². The van der Waals surface area contributed by atoms with E-state index in [9.17, 15) is 4.79 Å². The van der Waals surface area contributed by atoms with Crippen LogP contribution in [0, 0.1) is 6.92 Å². The average Bonchev–Trinajstić information content (AvgIpc) is 3.49. The van der Waals surface area contributed by atoms with Crippen LogP contribution in [0.3, 0.4) is 0 Å². The SMILES string of the molecule is COc1ccc(-c2nc(CN3CCOCC3)c(COc3ccc(-c4noc(=O)[nH]4)c(C)c3)o2)cc1. The Balaban J connectivity index is 1.36. The van der Waals surface area contributed by atoms with Gasteiger partial charge in [0.15, 0.2) is 11.6 Å². The fourth-order valence-corrected chi connectivity index (χ4v) is 3.93. The van der Waals surface area contributed by atoms with Crippen molar-refractivity contribution >= 4 is 0 Å². The number of hydrogen-bond acceptors (Lipinski definition) is 9. The molecule has 0 spiro atoms. The highest BCUT2D eigenvalue weighted by molar-refractivity contribution is 5.60. The average molecular weight is 479 g/mol. The maximum atomic E-state index is 11.3. The van der Waals surface area contributed by atoms with Gasteiger partial charge in [-0.2, -0.15) is 0 Å². The molecule has 4 aromatic rings. The van der Waals surface area contributed by atoms with E-state index in [2.05, 4.69) is 19.6 Å². The summed E-state index contributed by atoms with van der Waals surface area (Å²) < 4.78 is 27.6. The first kappa shape index (κ1) is 22.9. The summed E-state index contributed by atoms with van der Waals surface area (Å²) in [5.41, 5.74) is 3.35. The van der Waals surface area contributed by atoms with E-state index in [1.54, 1.807) is 7.11 Å². The molecule has 0 unspecified atom stereocenters. The van der Waals surface area contributed by atoms with Crippen LogP contribution >= 0.6 is 0 Å². The molecule has 0 radical (unpaired) electrons. The number of morpholine rings is 1. The van der Waals surface area contributed by atoms with Crippen LogP contribution < -0.4 is 15.2 Å². The van der Waals surface area contributed by atoms with Gasteiger partial charge >= 0.3 is 5.76 Å². The summed E-state index contributed by atoms with van der Waals surface area (Å²) in [6.45, 7) is 5.89. The Kier molecular flexibility index (Phi) is 6.64. The summed E-state index contributed by atoms with van der Waals surface area (Å²) in [4.78, 5) is 20.9. The number of methoxy groups -OCH3 is 1. The van der Waals surface area contributed by atoms with Crippen LogP contribution in [0.25, 0.3) is 22.8 Å². The number of aromatic nitrogens is 3. The number of hydrogen-bond donors (Lipinski definition) is 1. The zero-order chi connectivity index (χ0) is 24.2. The predicted octanol–water partition coefficient (Wildman–Crippen LogP) is 3.41. The molecule has 2 aromatic carbocycles. The second-order valence-corrected chi connectivity index (χ2v) is 8.21. The molecule has 1 N–H and O–H groups in total. The number of nitrogens with zero attached hydrogens (tertiary/aromatic N) is 3. The summed E-state index contributed by atoms with van der Waals surface area (Å²) in [6.07, 6.45) is 0. The molecular weight excluding hydrogens is 452 g/mol. The van der Waals surface area contributed by atoms with Crippen LogP contribution in [-0.4, -0.2) is 53.4 Å². The minimum Gasteiger partial charge on any atom is -0.497 e. The molecule has 3 heterocycles. The van der Waals surface area contributed by atoms with Gasteiger partial charge in [0.1, 0.15) is 23.8 Å². The fraction of sp³-hybridized carbons (Fsp3) is 0.320. The number of oxazole rings is 1. The maximum absolute atomic E-state index is 11.3. The van der Waals surface area contributed by atoms with Gasteiger partial charge in [0.2, 0.25) is 5.89 Å². The Morgan fingerprint density at radius 1 is 1.09 bits per heavy atom. The summed E-state index contributed by atoms with van der Waals surface area (Å²) in [7, 11) is 1.63. The maximum Gasteiger partial charge on any atom is 0.439 e. The minimum atomic E-state index is -0.592. The largest absolute Gasteiger partial charge is 0.497 e. The molecule has 0 saturated carbocycles. The zero-order valence-corrected chi connectivity index (χ0v) is 19.6. The van der Waals surface area contributed by atoms with E-state index in [-0.39, 0.29) is 6.61 Å². The van der Waals surface area contributed by atoms with E-state index in [1.807, 2.05) is 49.4 Å². The second-order valence-electron chi connectivity index (χ2n) is 8.21. The summed E-state index contributed by atoms with van der Waals surface area (Å²) in [5, 5.41) is 3.75. The van der Waals surface area contributed by atoms with Crippen molar-refractivity contribution in [2.75, 3.05) is 33.4 Å². The monoisotopic (exact) mass is 478 g/mol. The van der Waals surface area contributed by atoms with Gasteiger partial charge in [-0.3, -0.25) is 14.4 Å². The number of ether oxygens (including phenoxy) is 3. The highest BCUT2D eigenvalue weighted by atomic mass is 16.5. The lowest BCUT2D eigenvalue weighted by molar-refractivity contribution is 0.0333. The third-order valence-electron chi connectivity index (χ3n) is 5.86. The molecular formula is C25H26N4O6. The number of benzene rings is 2. The smallest absolute Gasteiger partial charge is 0.439 e. The number of H-pyrrole nitrogens is 1. The Morgan fingerprint density at radius 2 is 1.86 bits per heavy atom. The molecule has 0 amide bonds. The molecule has 0 bridgehead atoms. The standard InChI is InChI=1S/C25H26N4O6/c1-16-13-19(7-8-20(16)23-27-25(30)35-28-23)33-15-22-21(14-29-9-11-32-12-10-29)26-24(34-22)17-3-5-18(31-2)6-4-17/h3-8,13H,9-12,14-15H2,1-2H3,(H,27,28,30). The van der Waals surface area contributed by atoms with Crippen LogP contribution in [0.5, 0.6) is 11.5 Å². The fourth-order valence-electron chi connectivity index (χ4n) is 3.93. The van der Waals surface area contributed by atoms with Crippen molar-refractivity contribution in [3.63, 3.8) is 0 Å². The lowest BCUT2D eigenvalue weighted by atomic mass is 10.1. The molecule has 1 aliphatic rings. The van der Waals surface area contributed by atoms with Gasteiger partial charge in [-0.1, -0.05) is 5.16 Å². The Bertz CT molecular complexity index is 1330. The van der Waals surface area contributed by atoms with Crippen molar-refractivity contribution in [3.05, 3.63) is 70.0 Å². The number of aryl methyl sites for hydroxylation is 1. The van der Waals surface area contributed by atoms with Crippen LogP contribution in [0.1, 0.15) is 17.0 Å². The Morgan fingerprint density at radius 3 is 2.54 bits per heavy atom. The summed E-state index contributed by atoms with van der Waals surface area (Å²) in [5.74, 6) is 2.43. The van der Waals surface area contributed by atoms with Crippen LogP contribution in [0.15, 0.2) is 56.2 Å². The van der Waals surface area contributed by atoms with Gasteiger partial charge < -0.3 is 18.6 Å². The third-order valence-corrected chi connectivity index (χ3v) is 5.86. The third kappa shape index (κ3) is 5.28. The number of nitrogens with one attached hydrogen (secondary N) is 1. The zero-order valence-electron chi connectivity index (χ0n) is 19.6. The van der Waals surface area contributed by atoms with Gasteiger partial charge in [0, 0.05) is 30.8 Å². The van der Waals surface area contributed by atoms with E-state index < -0.39 is 5.76 Å². The highest BCUT2D eigenvalue weighted by Gasteiger charge is 2.20. The van der Waals surface area contributed by atoms with Crippen LogP contribution in [-0.2, 0) is 17.9 Å². The van der Waals surface area contributed by atoms with Crippen molar-refractivity contribution in [2.24, 2.45) is 0 Å². The van der Waals surface area contributed by atoms with Gasteiger partial charge in [0.25, 0.3) is 0 Å². The highest BCUT2D eigenvalue weighted by Crippen LogP contribution is 2.28. The van der Waals surface area contributed by atoms with Gasteiger partial charge in [-0.15, -0.1) is 0 Å². The van der Waals surface area contributed by atoms with Gasteiger partial charge in [0.05, 0.1) is 20.3 Å². The first-order chi connectivity index (χ1) is 17.1. The number of aromatic amines is 1.